The average Bonchev–Trinajstić information content (AvgIpc) is 2.99. The average molecular weight is 228 g/mol. The van der Waals surface area contributed by atoms with Gasteiger partial charge < -0.3 is 10.1 Å². The lowest BCUT2D eigenvalue weighted by molar-refractivity contribution is -0.144. The Kier molecular flexibility index (Phi) is 5.25. The van der Waals surface area contributed by atoms with Crippen LogP contribution in [0.4, 0.5) is 0 Å². The van der Waals surface area contributed by atoms with Crippen molar-refractivity contribution in [2.45, 2.75) is 32.7 Å². The van der Waals surface area contributed by atoms with Crippen molar-refractivity contribution in [1.29, 1.82) is 0 Å². The molecule has 0 radical (unpaired) electrons. The van der Waals surface area contributed by atoms with Gasteiger partial charge in [-0.3, -0.25) is 14.5 Å². The summed E-state index contributed by atoms with van der Waals surface area (Å²) in [4.78, 5) is 24.1. The number of nitrogens with zero attached hydrogens (tertiary/aromatic N) is 1. The summed E-state index contributed by atoms with van der Waals surface area (Å²) in [5.74, 6) is -0.218. The second-order valence-electron chi connectivity index (χ2n) is 3.99. The molecule has 1 fully saturated rings. The minimum atomic E-state index is -0.183. The van der Waals surface area contributed by atoms with Crippen LogP contribution in [0.3, 0.4) is 0 Å². The molecule has 1 N–H and O–H groups in total. The minimum absolute atomic E-state index is 0.0353. The molecule has 0 heterocycles. The highest BCUT2D eigenvalue weighted by Crippen LogP contribution is 2.26. The van der Waals surface area contributed by atoms with E-state index in [0.717, 1.165) is 12.8 Å². The van der Waals surface area contributed by atoms with Gasteiger partial charge in [-0.1, -0.05) is 0 Å². The molecule has 1 aliphatic carbocycles. The molecule has 0 spiro atoms. The Hall–Kier alpha value is -1.10. The fourth-order valence-corrected chi connectivity index (χ4v) is 1.58. The van der Waals surface area contributed by atoms with Crippen molar-refractivity contribution in [1.82, 2.24) is 10.2 Å². The van der Waals surface area contributed by atoms with Crippen molar-refractivity contribution in [2.75, 3.05) is 26.2 Å². The molecule has 0 atom stereocenters. The standard InChI is InChI=1S/C11H20N2O3/c1-3-16-11(15)8-13(10-4-5-10)7-6-12-9(2)14/h10H,3-8H2,1-2H3,(H,12,14). The van der Waals surface area contributed by atoms with Gasteiger partial charge in [-0.05, 0) is 19.8 Å². The summed E-state index contributed by atoms with van der Waals surface area (Å²) in [6.45, 7) is 5.35. The molecular weight excluding hydrogens is 208 g/mol. The first-order valence-corrected chi connectivity index (χ1v) is 5.77. The summed E-state index contributed by atoms with van der Waals surface area (Å²) in [6.07, 6.45) is 2.28. The van der Waals surface area contributed by atoms with Crippen molar-refractivity contribution in [2.24, 2.45) is 0 Å². The summed E-state index contributed by atoms with van der Waals surface area (Å²) in [5.41, 5.74) is 0. The van der Waals surface area contributed by atoms with E-state index in [2.05, 4.69) is 10.2 Å². The van der Waals surface area contributed by atoms with Crippen LogP contribution in [-0.4, -0.2) is 49.1 Å². The topological polar surface area (TPSA) is 58.6 Å². The Morgan fingerprint density at radius 3 is 2.62 bits per heavy atom. The summed E-state index contributed by atoms with van der Waals surface area (Å²) in [6, 6.07) is 0.498. The summed E-state index contributed by atoms with van der Waals surface area (Å²) in [5, 5.41) is 2.73. The third-order valence-corrected chi connectivity index (χ3v) is 2.47. The maximum Gasteiger partial charge on any atom is 0.320 e. The zero-order valence-corrected chi connectivity index (χ0v) is 9.99. The largest absolute Gasteiger partial charge is 0.465 e. The van der Waals surface area contributed by atoms with Crippen molar-refractivity contribution < 1.29 is 14.3 Å². The number of esters is 1. The van der Waals surface area contributed by atoms with Gasteiger partial charge in [0.05, 0.1) is 13.2 Å². The van der Waals surface area contributed by atoms with Crippen molar-refractivity contribution in [3.8, 4) is 0 Å². The lowest BCUT2D eigenvalue weighted by atomic mass is 10.4. The first kappa shape index (κ1) is 13.0. The Morgan fingerprint density at radius 1 is 1.44 bits per heavy atom. The number of carbonyl (C=O) groups excluding carboxylic acids is 2. The van der Waals surface area contributed by atoms with Crippen LogP contribution in [0, 0.1) is 0 Å². The van der Waals surface area contributed by atoms with E-state index in [9.17, 15) is 9.59 Å². The highest BCUT2D eigenvalue weighted by atomic mass is 16.5. The van der Waals surface area contributed by atoms with Gasteiger partial charge in [0.15, 0.2) is 0 Å². The minimum Gasteiger partial charge on any atom is -0.465 e. The van der Waals surface area contributed by atoms with Crippen LogP contribution in [0.15, 0.2) is 0 Å². The first-order valence-electron chi connectivity index (χ1n) is 5.77. The summed E-state index contributed by atoms with van der Waals surface area (Å²) in [7, 11) is 0. The lowest BCUT2D eigenvalue weighted by Gasteiger charge is -2.20. The quantitative estimate of drug-likeness (QED) is 0.630. The number of carbonyl (C=O) groups is 2. The Bertz CT molecular complexity index is 252. The molecule has 0 aromatic rings. The van der Waals surface area contributed by atoms with Crippen LogP contribution in [0.1, 0.15) is 26.7 Å². The van der Waals surface area contributed by atoms with Gasteiger partial charge in [0.25, 0.3) is 0 Å². The SMILES string of the molecule is CCOC(=O)CN(CCNC(C)=O)C1CC1. The van der Waals surface area contributed by atoms with Gasteiger partial charge in [-0.15, -0.1) is 0 Å². The molecule has 16 heavy (non-hydrogen) atoms. The maximum absolute atomic E-state index is 11.3. The molecule has 1 amide bonds. The van der Waals surface area contributed by atoms with E-state index in [-0.39, 0.29) is 11.9 Å². The number of ether oxygens (including phenoxy) is 1. The van der Waals surface area contributed by atoms with E-state index in [4.69, 9.17) is 4.74 Å². The van der Waals surface area contributed by atoms with E-state index in [1.807, 2.05) is 0 Å². The predicted octanol–water partition coefficient (Wildman–Crippen LogP) is 0.150. The molecule has 0 aromatic heterocycles. The normalized spacial score (nSPS) is 14.9. The third-order valence-electron chi connectivity index (χ3n) is 2.47. The van der Waals surface area contributed by atoms with Gasteiger partial charge in [0, 0.05) is 26.1 Å². The third kappa shape index (κ3) is 5.11. The molecule has 1 aliphatic rings. The van der Waals surface area contributed by atoms with Crippen LogP contribution in [0.2, 0.25) is 0 Å². The van der Waals surface area contributed by atoms with Crippen LogP contribution in [-0.2, 0) is 14.3 Å². The van der Waals surface area contributed by atoms with Gasteiger partial charge >= 0.3 is 5.97 Å². The number of hydrogen-bond acceptors (Lipinski definition) is 4. The Labute approximate surface area is 96.1 Å². The van der Waals surface area contributed by atoms with Gasteiger partial charge in [-0.2, -0.15) is 0 Å². The summed E-state index contributed by atoms with van der Waals surface area (Å²) < 4.78 is 4.91. The van der Waals surface area contributed by atoms with Crippen molar-refractivity contribution >= 4 is 11.9 Å². The smallest absolute Gasteiger partial charge is 0.320 e. The monoisotopic (exact) mass is 228 g/mol. The molecule has 92 valence electrons. The van der Waals surface area contributed by atoms with E-state index >= 15 is 0 Å². The Balaban J connectivity index is 2.24. The molecule has 0 bridgehead atoms. The highest BCUT2D eigenvalue weighted by Gasteiger charge is 2.30. The van der Waals surface area contributed by atoms with Gasteiger partial charge in [0.2, 0.25) is 5.91 Å². The highest BCUT2D eigenvalue weighted by molar-refractivity contribution is 5.73. The fourth-order valence-electron chi connectivity index (χ4n) is 1.58. The van der Waals surface area contributed by atoms with Crippen LogP contribution in [0.25, 0.3) is 0 Å². The van der Waals surface area contributed by atoms with Crippen LogP contribution >= 0.6 is 0 Å². The molecule has 5 heteroatoms. The molecule has 0 unspecified atom stereocenters. The first-order chi connectivity index (χ1) is 7.63. The van der Waals surface area contributed by atoms with E-state index in [0.29, 0.717) is 32.3 Å². The molecular formula is C11H20N2O3. The van der Waals surface area contributed by atoms with Gasteiger partial charge in [-0.25, -0.2) is 0 Å². The van der Waals surface area contributed by atoms with Crippen LogP contribution < -0.4 is 5.32 Å². The Morgan fingerprint density at radius 2 is 2.12 bits per heavy atom. The summed E-state index contributed by atoms with van der Waals surface area (Å²) >= 11 is 0. The van der Waals surface area contributed by atoms with Crippen molar-refractivity contribution in [3.63, 3.8) is 0 Å². The number of nitrogens with one attached hydrogen (secondary N) is 1. The van der Waals surface area contributed by atoms with E-state index in [1.54, 1.807) is 6.92 Å². The lowest BCUT2D eigenvalue weighted by Crippen LogP contribution is -2.39. The van der Waals surface area contributed by atoms with Gasteiger partial charge in [0.1, 0.15) is 0 Å². The predicted molar refractivity (Wildman–Crippen MR) is 59.9 cm³/mol. The fraction of sp³-hybridized carbons (Fsp3) is 0.818. The number of amides is 1. The maximum atomic E-state index is 11.3. The molecule has 1 rings (SSSR count). The van der Waals surface area contributed by atoms with E-state index < -0.39 is 0 Å². The molecule has 1 saturated carbocycles. The zero-order valence-electron chi connectivity index (χ0n) is 9.99. The molecule has 0 aliphatic heterocycles. The van der Waals surface area contributed by atoms with E-state index in [1.165, 1.54) is 6.92 Å². The zero-order chi connectivity index (χ0) is 12.0. The van der Waals surface area contributed by atoms with Crippen LogP contribution in [0.5, 0.6) is 0 Å². The molecule has 5 nitrogen and oxygen atoms in total. The molecule has 0 aromatic carbocycles. The second kappa shape index (κ2) is 6.48. The second-order valence-corrected chi connectivity index (χ2v) is 3.99. The number of hydrogen-bond donors (Lipinski definition) is 1. The number of rotatable bonds is 7. The van der Waals surface area contributed by atoms with Crippen molar-refractivity contribution in [3.05, 3.63) is 0 Å². The molecule has 0 saturated heterocycles.